The Morgan fingerprint density at radius 3 is 2.74 bits per heavy atom. The first kappa shape index (κ1) is 13.9. The summed E-state index contributed by atoms with van der Waals surface area (Å²) in [6.07, 6.45) is 3.59. The number of aromatic nitrogens is 2. The lowest BCUT2D eigenvalue weighted by molar-refractivity contribution is 0.387. The van der Waals surface area contributed by atoms with Gasteiger partial charge in [-0.15, -0.1) is 0 Å². The molecule has 2 heterocycles. The molecule has 4 N–H and O–H groups in total. The topological polar surface area (TPSA) is 119 Å². The number of H-pyrrole nitrogens is 2. The van der Waals surface area contributed by atoms with Crippen LogP contribution in [0.1, 0.15) is 25.5 Å². The summed E-state index contributed by atoms with van der Waals surface area (Å²) < 4.78 is 16.5. The van der Waals surface area contributed by atoms with Crippen molar-refractivity contribution in [3.05, 3.63) is 28.5 Å². The fourth-order valence-electron chi connectivity index (χ4n) is 1.87. The molecular formula is C11H15N2O5P. The molecule has 104 valence electrons. The van der Waals surface area contributed by atoms with Crippen LogP contribution in [0.3, 0.4) is 0 Å². The molecular weight excluding hydrogens is 271 g/mol. The third-order valence-electron chi connectivity index (χ3n) is 2.77. The molecule has 0 aliphatic carbocycles. The van der Waals surface area contributed by atoms with E-state index < -0.39 is 13.3 Å². The van der Waals surface area contributed by atoms with E-state index >= 15 is 0 Å². The molecule has 0 aromatic carbocycles. The molecule has 0 fully saturated rings. The molecule has 0 unspecified atom stereocenters. The maximum atomic E-state index is 11.4. The van der Waals surface area contributed by atoms with Crippen LogP contribution in [0.2, 0.25) is 0 Å². The molecule has 0 atom stereocenters. The summed E-state index contributed by atoms with van der Waals surface area (Å²) in [5.74, 6) is 0.0118. The average Bonchev–Trinajstić information content (AvgIpc) is 2.91. The van der Waals surface area contributed by atoms with Crippen LogP contribution in [0, 0.1) is 0 Å². The van der Waals surface area contributed by atoms with Crippen molar-refractivity contribution in [1.29, 1.82) is 0 Å². The van der Waals surface area contributed by atoms with Crippen LogP contribution in [-0.2, 0) is 11.0 Å². The zero-order valence-electron chi connectivity index (χ0n) is 10.3. The molecule has 7 nitrogen and oxygen atoms in total. The van der Waals surface area contributed by atoms with Gasteiger partial charge in [-0.3, -0.25) is 4.57 Å². The van der Waals surface area contributed by atoms with E-state index in [1.54, 1.807) is 0 Å². The summed E-state index contributed by atoms with van der Waals surface area (Å²) in [5.41, 5.74) is 0.479. The fourth-order valence-corrected chi connectivity index (χ4v) is 2.56. The summed E-state index contributed by atoms with van der Waals surface area (Å²) in [7, 11) is -4.44. The number of unbranched alkanes of at least 4 members (excludes halogenated alkanes) is 1. The Bertz CT molecular complexity index is 663. The van der Waals surface area contributed by atoms with E-state index in [1.807, 2.05) is 6.92 Å². The molecule has 0 saturated carbocycles. The molecule has 0 aliphatic heterocycles. The number of rotatable bonds is 5. The fraction of sp³-hybridized carbons (Fsp3) is 0.364. The van der Waals surface area contributed by atoms with Gasteiger partial charge in [-0.2, -0.15) is 0 Å². The Morgan fingerprint density at radius 2 is 2.11 bits per heavy atom. The minimum atomic E-state index is -4.44. The quantitative estimate of drug-likeness (QED) is 0.614. The Balaban J connectivity index is 2.50. The van der Waals surface area contributed by atoms with Crippen molar-refractivity contribution in [3.63, 3.8) is 0 Å². The lowest BCUT2D eigenvalue weighted by Crippen LogP contribution is -2.05. The van der Waals surface area contributed by atoms with Gasteiger partial charge < -0.3 is 24.2 Å². The van der Waals surface area contributed by atoms with Gasteiger partial charge in [0.1, 0.15) is 11.0 Å². The van der Waals surface area contributed by atoms with Crippen molar-refractivity contribution in [3.8, 4) is 11.5 Å². The third-order valence-corrected chi connectivity index (χ3v) is 3.75. The molecule has 0 bridgehead atoms. The normalized spacial score (nSPS) is 11.9. The number of aryl methyl sites for hydroxylation is 1. The number of hydrogen-bond donors (Lipinski definition) is 4. The molecule has 0 spiro atoms. The molecule has 2 aromatic heterocycles. The smallest absolute Gasteiger partial charge is 0.360 e. The second-order valence-electron chi connectivity index (χ2n) is 4.22. The van der Waals surface area contributed by atoms with E-state index in [9.17, 15) is 19.1 Å². The van der Waals surface area contributed by atoms with E-state index in [0.717, 1.165) is 12.8 Å². The SMILES string of the molecule is CCCCc1[nH]c(=O)[nH]c1-c1occc1P(=O)(O)O. The number of hydrogen-bond acceptors (Lipinski definition) is 3. The zero-order valence-corrected chi connectivity index (χ0v) is 11.2. The first-order chi connectivity index (χ1) is 8.93. The highest BCUT2D eigenvalue weighted by Crippen LogP contribution is 2.38. The summed E-state index contributed by atoms with van der Waals surface area (Å²) in [5, 5.41) is -0.222. The summed E-state index contributed by atoms with van der Waals surface area (Å²) in [4.78, 5) is 35.0. The van der Waals surface area contributed by atoms with Crippen LogP contribution < -0.4 is 11.0 Å². The molecule has 0 amide bonds. The number of imidazole rings is 1. The van der Waals surface area contributed by atoms with Gasteiger partial charge in [-0.05, 0) is 18.9 Å². The van der Waals surface area contributed by atoms with Crippen LogP contribution in [0.4, 0.5) is 0 Å². The van der Waals surface area contributed by atoms with Crippen molar-refractivity contribution < 1.29 is 18.8 Å². The Morgan fingerprint density at radius 1 is 1.37 bits per heavy atom. The molecule has 0 saturated heterocycles. The first-order valence-electron chi connectivity index (χ1n) is 5.88. The van der Waals surface area contributed by atoms with Gasteiger partial charge in [-0.25, -0.2) is 4.79 Å². The molecule has 8 heteroatoms. The average molecular weight is 286 g/mol. The molecule has 0 radical (unpaired) electrons. The monoisotopic (exact) mass is 286 g/mol. The van der Waals surface area contributed by atoms with Crippen molar-refractivity contribution in [2.75, 3.05) is 0 Å². The predicted octanol–water partition coefficient (Wildman–Crippen LogP) is 1.11. The standard InChI is InChI=1S/C11H15N2O5P/c1-2-3-4-7-9(13-11(14)12-7)10-8(5-6-18-10)19(15,16)17/h5-6H,2-4H2,1H3,(H2,12,13,14)(H2,15,16,17). The summed E-state index contributed by atoms with van der Waals surface area (Å²) in [6.45, 7) is 2.01. The van der Waals surface area contributed by atoms with Crippen molar-refractivity contribution >= 4 is 12.9 Å². The molecule has 2 aromatic rings. The van der Waals surface area contributed by atoms with Gasteiger partial charge in [0.2, 0.25) is 0 Å². The summed E-state index contributed by atoms with van der Waals surface area (Å²) >= 11 is 0. The van der Waals surface area contributed by atoms with Gasteiger partial charge in [0.05, 0.1) is 6.26 Å². The second-order valence-corrected chi connectivity index (χ2v) is 5.79. The third kappa shape index (κ3) is 2.89. The zero-order chi connectivity index (χ0) is 14.0. The molecule has 19 heavy (non-hydrogen) atoms. The maximum absolute atomic E-state index is 11.4. The Hall–Kier alpha value is -1.56. The second kappa shape index (κ2) is 5.21. The van der Waals surface area contributed by atoms with E-state index in [0.29, 0.717) is 17.8 Å². The van der Waals surface area contributed by atoms with Gasteiger partial charge in [0.25, 0.3) is 0 Å². The lowest BCUT2D eigenvalue weighted by Gasteiger charge is -2.04. The number of aromatic amines is 2. The van der Waals surface area contributed by atoms with Gasteiger partial charge >= 0.3 is 13.3 Å². The summed E-state index contributed by atoms with van der Waals surface area (Å²) in [6, 6.07) is 1.21. The Kier molecular flexibility index (Phi) is 3.80. The number of nitrogens with one attached hydrogen (secondary N) is 2. The number of furan rings is 1. The van der Waals surface area contributed by atoms with Gasteiger partial charge in [0.15, 0.2) is 5.76 Å². The van der Waals surface area contributed by atoms with Crippen LogP contribution >= 0.6 is 7.60 Å². The van der Waals surface area contributed by atoms with Gasteiger partial charge in [-0.1, -0.05) is 13.3 Å². The Labute approximate surface area is 108 Å². The van der Waals surface area contributed by atoms with E-state index in [-0.39, 0.29) is 11.1 Å². The molecule has 2 rings (SSSR count). The first-order valence-corrected chi connectivity index (χ1v) is 7.50. The minimum absolute atomic E-state index is 0.0118. The van der Waals surface area contributed by atoms with Crippen molar-refractivity contribution in [1.82, 2.24) is 9.97 Å². The largest absolute Gasteiger partial charge is 0.462 e. The van der Waals surface area contributed by atoms with E-state index in [1.165, 1.54) is 12.3 Å². The van der Waals surface area contributed by atoms with Crippen LogP contribution in [0.25, 0.3) is 11.5 Å². The predicted molar refractivity (Wildman–Crippen MR) is 69.4 cm³/mol. The van der Waals surface area contributed by atoms with Gasteiger partial charge in [0, 0.05) is 5.69 Å². The van der Waals surface area contributed by atoms with E-state index in [2.05, 4.69) is 9.97 Å². The highest BCUT2D eigenvalue weighted by atomic mass is 31.2. The lowest BCUT2D eigenvalue weighted by atomic mass is 10.1. The van der Waals surface area contributed by atoms with Crippen molar-refractivity contribution in [2.24, 2.45) is 0 Å². The van der Waals surface area contributed by atoms with Crippen LogP contribution in [0.5, 0.6) is 0 Å². The van der Waals surface area contributed by atoms with Crippen molar-refractivity contribution in [2.45, 2.75) is 26.2 Å². The van der Waals surface area contributed by atoms with Crippen LogP contribution in [0.15, 0.2) is 21.5 Å². The maximum Gasteiger partial charge on any atom is 0.360 e. The molecule has 0 aliphatic rings. The van der Waals surface area contributed by atoms with E-state index in [4.69, 9.17) is 4.42 Å². The van der Waals surface area contributed by atoms with Crippen LogP contribution in [-0.4, -0.2) is 19.8 Å². The minimum Gasteiger partial charge on any atom is -0.462 e. The highest BCUT2D eigenvalue weighted by Gasteiger charge is 2.27. The highest BCUT2D eigenvalue weighted by molar-refractivity contribution is 7.60.